The number of hydrogen-bond donors (Lipinski definition) is 1. The summed E-state index contributed by atoms with van der Waals surface area (Å²) in [4.78, 5) is 8.76. The molecule has 4 heteroatoms. The van der Waals surface area contributed by atoms with Gasteiger partial charge in [0.1, 0.15) is 5.75 Å². The second-order valence-corrected chi connectivity index (χ2v) is 5.15. The summed E-state index contributed by atoms with van der Waals surface area (Å²) < 4.78 is 0. The van der Waals surface area contributed by atoms with E-state index in [0.29, 0.717) is 5.02 Å². The first kappa shape index (κ1) is 13.6. The Morgan fingerprint density at radius 3 is 2.48 bits per heavy atom. The number of benzene rings is 1. The molecule has 3 aromatic rings. The van der Waals surface area contributed by atoms with E-state index in [4.69, 9.17) is 11.6 Å². The molecule has 3 rings (SSSR count). The van der Waals surface area contributed by atoms with E-state index in [2.05, 4.69) is 9.97 Å². The van der Waals surface area contributed by atoms with Crippen molar-refractivity contribution in [3.05, 3.63) is 65.6 Å². The van der Waals surface area contributed by atoms with E-state index in [1.165, 1.54) is 0 Å². The third-order valence-corrected chi connectivity index (χ3v) is 3.65. The summed E-state index contributed by atoms with van der Waals surface area (Å²) in [5.74, 6) is 0.229. The number of halogens is 1. The smallest absolute Gasteiger partial charge is 0.115 e. The Morgan fingerprint density at radius 1 is 1.05 bits per heavy atom. The van der Waals surface area contributed by atoms with Gasteiger partial charge in [-0.2, -0.15) is 0 Å². The molecule has 1 aromatic carbocycles. The summed E-state index contributed by atoms with van der Waals surface area (Å²) in [5, 5.41) is 10.1. The van der Waals surface area contributed by atoms with Gasteiger partial charge in [-0.25, -0.2) is 0 Å². The third-order valence-electron chi connectivity index (χ3n) is 3.26. The number of pyridine rings is 2. The van der Waals surface area contributed by atoms with Crippen LogP contribution in [0.1, 0.15) is 5.69 Å². The van der Waals surface area contributed by atoms with Crippen LogP contribution in [-0.4, -0.2) is 15.1 Å². The number of rotatable bonds is 2. The Morgan fingerprint density at radius 2 is 1.81 bits per heavy atom. The maximum Gasteiger partial charge on any atom is 0.115 e. The van der Waals surface area contributed by atoms with Gasteiger partial charge in [0, 0.05) is 29.1 Å². The molecule has 3 nitrogen and oxygen atoms in total. The van der Waals surface area contributed by atoms with Crippen molar-refractivity contribution in [3.8, 4) is 28.1 Å². The molecule has 0 radical (unpaired) electrons. The molecule has 0 atom stereocenters. The molecule has 0 saturated carbocycles. The van der Waals surface area contributed by atoms with Crippen LogP contribution in [0.5, 0.6) is 5.75 Å². The first-order valence-electron chi connectivity index (χ1n) is 6.52. The van der Waals surface area contributed by atoms with Gasteiger partial charge in [0.05, 0.1) is 16.4 Å². The van der Waals surface area contributed by atoms with Gasteiger partial charge in [-0.05, 0) is 43.3 Å². The average molecular weight is 297 g/mol. The Hall–Kier alpha value is -2.39. The van der Waals surface area contributed by atoms with Crippen molar-refractivity contribution in [2.45, 2.75) is 6.92 Å². The zero-order valence-corrected chi connectivity index (χ0v) is 12.2. The lowest BCUT2D eigenvalue weighted by Crippen LogP contribution is -1.93. The van der Waals surface area contributed by atoms with Crippen molar-refractivity contribution < 1.29 is 5.11 Å². The molecular weight excluding hydrogens is 284 g/mol. The molecule has 0 bridgehead atoms. The van der Waals surface area contributed by atoms with Gasteiger partial charge in [0.15, 0.2) is 0 Å². The van der Waals surface area contributed by atoms with Gasteiger partial charge in [-0.3, -0.25) is 9.97 Å². The highest BCUT2D eigenvalue weighted by molar-refractivity contribution is 6.31. The average Bonchev–Trinajstić information content (AvgIpc) is 2.51. The second kappa shape index (κ2) is 5.54. The Bertz CT molecular complexity index is 771. The van der Waals surface area contributed by atoms with Gasteiger partial charge in [-0.1, -0.05) is 17.7 Å². The summed E-state index contributed by atoms with van der Waals surface area (Å²) in [5.41, 5.74) is 4.39. The molecule has 0 aliphatic heterocycles. The number of aryl methyl sites for hydroxylation is 1. The van der Waals surface area contributed by atoms with Crippen LogP contribution in [0.3, 0.4) is 0 Å². The maximum absolute atomic E-state index is 9.44. The van der Waals surface area contributed by atoms with Crippen molar-refractivity contribution in [3.63, 3.8) is 0 Å². The van der Waals surface area contributed by atoms with Gasteiger partial charge in [0.25, 0.3) is 0 Å². The molecule has 0 aliphatic carbocycles. The summed E-state index contributed by atoms with van der Waals surface area (Å²) in [6, 6.07) is 12.7. The van der Waals surface area contributed by atoms with Gasteiger partial charge < -0.3 is 5.11 Å². The molecule has 0 amide bonds. The molecule has 2 heterocycles. The van der Waals surface area contributed by atoms with Crippen molar-refractivity contribution in [2.75, 3.05) is 0 Å². The van der Waals surface area contributed by atoms with Gasteiger partial charge >= 0.3 is 0 Å². The highest BCUT2D eigenvalue weighted by atomic mass is 35.5. The fraction of sp³-hybridized carbons (Fsp3) is 0.0588. The predicted octanol–water partition coefficient (Wildman–Crippen LogP) is 4.48. The van der Waals surface area contributed by atoms with E-state index in [9.17, 15) is 5.11 Å². The number of aromatic nitrogens is 2. The summed E-state index contributed by atoms with van der Waals surface area (Å²) in [7, 11) is 0. The number of hydrogen-bond acceptors (Lipinski definition) is 3. The minimum Gasteiger partial charge on any atom is -0.508 e. The topological polar surface area (TPSA) is 46.0 Å². The minimum atomic E-state index is 0.229. The van der Waals surface area contributed by atoms with Crippen LogP contribution in [0.25, 0.3) is 22.4 Å². The van der Waals surface area contributed by atoms with Crippen molar-refractivity contribution >= 4 is 11.6 Å². The molecule has 0 saturated heterocycles. The molecular formula is C17H13ClN2O. The second-order valence-electron chi connectivity index (χ2n) is 4.74. The zero-order valence-electron chi connectivity index (χ0n) is 11.4. The molecule has 0 unspecified atom stereocenters. The third kappa shape index (κ3) is 2.73. The fourth-order valence-electron chi connectivity index (χ4n) is 2.16. The quantitative estimate of drug-likeness (QED) is 0.758. The van der Waals surface area contributed by atoms with E-state index < -0.39 is 0 Å². The molecule has 21 heavy (non-hydrogen) atoms. The van der Waals surface area contributed by atoms with Gasteiger partial charge in [-0.15, -0.1) is 0 Å². The van der Waals surface area contributed by atoms with E-state index in [1.807, 2.05) is 37.3 Å². The number of phenols is 1. The van der Waals surface area contributed by atoms with E-state index >= 15 is 0 Å². The van der Waals surface area contributed by atoms with E-state index in [-0.39, 0.29) is 5.75 Å². The molecule has 104 valence electrons. The molecule has 0 spiro atoms. The van der Waals surface area contributed by atoms with E-state index in [0.717, 1.165) is 28.1 Å². The highest BCUT2D eigenvalue weighted by Crippen LogP contribution is 2.33. The van der Waals surface area contributed by atoms with Crippen LogP contribution in [0, 0.1) is 6.92 Å². The van der Waals surface area contributed by atoms with Crippen molar-refractivity contribution in [1.29, 1.82) is 0 Å². The monoisotopic (exact) mass is 296 g/mol. The standard InChI is InChI=1S/C17H13ClN2O/c1-11-16(18)9-15(13-3-2-8-19-10-13)17(20-11)12-4-6-14(21)7-5-12/h2-10,21H,1H3. The predicted molar refractivity (Wildman–Crippen MR) is 84.3 cm³/mol. The SMILES string of the molecule is Cc1nc(-c2ccc(O)cc2)c(-c2cccnc2)cc1Cl. The first-order chi connectivity index (χ1) is 10.1. The summed E-state index contributed by atoms with van der Waals surface area (Å²) >= 11 is 6.23. The highest BCUT2D eigenvalue weighted by Gasteiger charge is 2.12. The molecule has 0 fully saturated rings. The first-order valence-corrected chi connectivity index (χ1v) is 6.90. The summed E-state index contributed by atoms with van der Waals surface area (Å²) in [6.45, 7) is 1.87. The van der Waals surface area contributed by atoms with Crippen LogP contribution in [0.4, 0.5) is 0 Å². The normalized spacial score (nSPS) is 10.6. The number of nitrogens with zero attached hydrogens (tertiary/aromatic N) is 2. The fourth-order valence-corrected chi connectivity index (χ4v) is 2.31. The number of phenolic OH excluding ortho intramolecular Hbond substituents is 1. The van der Waals surface area contributed by atoms with E-state index in [1.54, 1.807) is 24.5 Å². The Labute approximate surface area is 127 Å². The zero-order chi connectivity index (χ0) is 14.8. The molecule has 0 aliphatic rings. The largest absolute Gasteiger partial charge is 0.508 e. The Balaban J connectivity index is 2.24. The van der Waals surface area contributed by atoms with Crippen molar-refractivity contribution in [1.82, 2.24) is 9.97 Å². The van der Waals surface area contributed by atoms with Crippen LogP contribution in [0.15, 0.2) is 54.9 Å². The number of aromatic hydroxyl groups is 1. The van der Waals surface area contributed by atoms with Crippen molar-refractivity contribution in [2.24, 2.45) is 0 Å². The lowest BCUT2D eigenvalue weighted by molar-refractivity contribution is 0.475. The van der Waals surface area contributed by atoms with Crippen LogP contribution >= 0.6 is 11.6 Å². The lowest BCUT2D eigenvalue weighted by Gasteiger charge is -2.11. The molecule has 2 aromatic heterocycles. The van der Waals surface area contributed by atoms with Crippen LogP contribution in [-0.2, 0) is 0 Å². The lowest BCUT2D eigenvalue weighted by atomic mass is 10.00. The van der Waals surface area contributed by atoms with Gasteiger partial charge in [0.2, 0.25) is 0 Å². The molecule has 1 N–H and O–H groups in total. The Kier molecular flexibility index (Phi) is 3.59. The summed E-state index contributed by atoms with van der Waals surface area (Å²) in [6.07, 6.45) is 3.51. The maximum atomic E-state index is 9.44. The van der Waals surface area contributed by atoms with Crippen LogP contribution in [0.2, 0.25) is 5.02 Å². The minimum absolute atomic E-state index is 0.229. The van der Waals surface area contributed by atoms with Crippen LogP contribution < -0.4 is 0 Å².